The second kappa shape index (κ2) is 14.2. The highest BCUT2D eigenvalue weighted by atomic mass is 16.6. The van der Waals surface area contributed by atoms with E-state index < -0.39 is 53.1 Å². The first kappa shape index (κ1) is 35.6. The minimum absolute atomic E-state index is 0.000233. The van der Waals surface area contributed by atoms with Gasteiger partial charge in [0.1, 0.15) is 29.0 Å². The van der Waals surface area contributed by atoms with Gasteiger partial charge in [-0.1, -0.05) is 43.2 Å². The van der Waals surface area contributed by atoms with Crippen molar-refractivity contribution < 1.29 is 33.8 Å². The molecule has 2 aromatic carbocycles. The number of rotatable bonds is 5. The van der Waals surface area contributed by atoms with E-state index in [2.05, 4.69) is 10.6 Å². The van der Waals surface area contributed by atoms with Gasteiger partial charge in [-0.15, -0.1) is 0 Å². The summed E-state index contributed by atoms with van der Waals surface area (Å²) in [6.45, 7) is 5.10. The van der Waals surface area contributed by atoms with Crippen molar-refractivity contribution in [1.82, 2.24) is 25.3 Å². The molecule has 3 N–H and O–H groups in total. The van der Waals surface area contributed by atoms with Crippen LogP contribution in [-0.2, 0) is 19.1 Å². The first-order valence-corrected chi connectivity index (χ1v) is 17.5. The zero-order chi connectivity index (χ0) is 36.5. The Kier molecular flexibility index (Phi) is 9.92. The Morgan fingerprint density at radius 3 is 2.43 bits per heavy atom. The number of carboxylic acids is 1. The normalized spacial score (nSPS) is 25.5. The molecule has 0 radical (unpaired) electrons. The molecule has 0 spiro atoms. The van der Waals surface area contributed by atoms with Gasteiger partial charge in [0.2, 0.25) is 11.8 Å². The number of nitrogens with zero attached hydrogens (tertiary/aromatic N) is 3. The number of alkyl carbamates (subject to hydrolysis) is 1. The molecule has 51 heavy (non-hydrogen) atoms. The molecule has 6 rings (SSSR count). The Labute approximate surface area is 296 Å². The number of fused-ring (bicyclic) bond motifs is 3. The fourth-order valence-corrected chi connectivity index (χ4v) is 7.12. The molecule has 3 heterocycles. The minimum Gasteiger partial charge on any atom is -0.497 e. The maximum Gasteiger partial charge on any atom is 0.408 e. The number of carboxylic acid groups (broad SMARTS) is 1. The van der Waals surface area contributed by atoms with Crippen molar-refractivity contribution in [3.63, 3.8) is 0 Å². The predicted molar refractivity (Wildman–Crippen MR) is 189 cm³/mol. The number of aromatic nitrogens is 2. The lowest BCUT2D eigenvalue weighted by Crippen LogP contribution is -2.56. The Balaban J connectivity index is 1.40. The molecular weight excluding hydrogens is 654 g/mol. The van der Waals surface area contributed by atoms with Crippen molar-refractivity contribution in [2.45, 2.75) is 95.0 Å². The van der Waals surface area contributed by atoms with Crippen LogP contribution in [0.15, 0.2) is 65.5 Å². The molecule has 13 nitrogen and oxygen atoms in total. The highest BCUT2D eigenvalue weighted by molar-refractivity contribution is 5.96. The fraction of sp³-hybridized carbons (Fsp3) is 0.474. The van der Waals surface area contributed by atoms with Gasteiger partial charge >= 0.3 is 12.1 Å². The van der Waals surface area contributed by atoms with Crippen LogP contribution in [0.1, 0.15) is 71.8 Å². The maximum atomic E-state index is 14.5. The van der Waals surface area contributed by atoms with E-state index in [1.807, 2.05) is 36.4 Å². The summed E-state index contributed by atoms with van der Waals surface area (Å²) in [5, 5.41) is 21.6. The summed E-state index contributed by atoms with van der Waals surface area (Å²) in [5.74, 6) is -2.04. The Bertz CT molecular complexity index is 1920. The molecule has 1 unspecified atom stereocenters. The van der Waals surface area contributed by atoms with E-state index >= 15 is 0 Å². The third-order valence-electron chi connectivity index (χ3n) is 9.87. The van der Waals surface area contributed by atoms with E-state index in [4.69, 9.17) is 14.6 Å². The Hall–Kier alpha value is -5.20. The molecule has 1 saturated carbocycles. The third-order valence-corrected chi connectivity index (χ3v) is 9.87. The number of methoxy groups -OCH3 is 1. The summed E-state index contributed by atoms with van der Waals surface area (Å²) >= 11 is 0. The third kappa shape index (κ3) is 7.47. The van der Waals surface area contributed by atoms with Gasteiger partial charge < -0.3 is 30.1 Å². The summed E-state index contributed by atoms with van der Waals surface area (Å²) in [7, 11) is 1.57. The predicted octanol–water partition coefficient (Wildman–Crippen LogP) is 4.59. The number of ether oxygens (including phenoxy) is 2. The highest BCUT2D eigenvalue weighted by Crippen LogP contribution is 2.45. The number of allylic oxidation sites excluding steroid dienone is 1. The SMILES string of the molecule is COc1ccc(-c2nn([C@@H]3C[C@H]4C(=O)N[C@]5(C(=O)O)CC5C=CCCCCC[C@H](NC(=O)OC(C)(C)C)C(=O)N4C3)c(=O)c3ccccc23)cc1. The molecule has 0 bridgehead atoms. The largest absolute Gasteiger partial charge is 0.497 e. The summed E-state index contributed by atoms with van der Waals surface area (Å²) in [4.78, 5) is 69.5. The van der Waals surface area contributed by atoms with E-state index in [-0.39, 0.29) is 30.9 Å². The maximum absolute atomic E-state index is 14.5. The van der Waals surface area contributed by atoms with Gasteiger partial charge in [-0.05, 0) is 76.8 Å². The zero-order valence-electron chi connectivity index (χ0n) is 29.4. The van der Waals surface area contributed by atoms with Crippen molar-refractivity contribution in [3.8, 4) is 17.0 Å². The number of carbonyl (C=O) groups is 4. The number of amides is 3. The molecule has 2 fully saturated rings. The van der Waals surface area contributed by atoms with Gasteiger partial charge in [-0.3, -0.25) is 14.4 Å². The van der Waals surface area contributed by atoms with Crippen LogP contribution >= 0.6 is 0 Å². The van der Waals surface area contributed by atoms with Crippen LogP contribution in [0.4, 0.5) is 4.79 Å². The number of aliphatic carboxylic acids is 1. The quantitative estimate of drug-likeness (QED) is 0.323. The molecule has 5 atom stereocenters. The van der Waals surface area contributed by atoms with E-state index in [0.717, 1.165) is 24.8 Å². The molecule has 3 aliphatic rings. The number of benzene rings is 2. The summed E-state index contributed by atoms with van der Waals surface area (Å²) in [5.41, 5.74) is -1.41. The highest BCUT2D eigenvalue weighted by Gasteiger charge is 2.61. The lowest BCUT2D eigenvalue weighted by Gasteiger charge is -2.30. The average Bonchev–Trinajstić information content (AvgIpc) is 3.61. The smallest absolute Gasteiger partial charge is 0.408 e. The lowest BCUT2D eigenvalue weighted by atomic mass is 10.0. The van der Waals surface area contributed by atoms with Crippen LogP contribution in [-0.4, -0.2) is 80.5 Å². The molecule has 1 aliphatic carbocycles. The van der Waals surface area contributed by atoms with Crippen LogP contribution in [0.25, 0.3) is 22.0 Å². The molecule has 3 amide bonds. The van der Waals surface area contributed by atoms with Crippen LogP contribution in [0, 0.1) is 5.92 Å². The number of hydrogen-bond donors (Lipinski definition) is 3. The van der Waals surface area contributed by atoms with Crippen molar-refractivity contribution in [2.24, 2.45) is 5.92 Å². The van der Waals surface area contributed by atoms with Crippen LogP contribution in [0.3, 0.4) is 0 Å². The first-order chi connectivity index (χ1) is 24.3. The molecule has 270 valence electrons. The van der Waals surface area contributed by atoms with E-state index in [9.17, 15) is 29.1 Å². The van der Waals surface area contributed by atoms with Crippen molar-refractivity contribution in [2.75, 3.05) is 13.7 Å². The molecule has 13 heteroatoms. The minimum atomic E-state index is -1.49. The van der Waals surface area contributed by atoms with Crippen LogP contribution in [0.2, 0.25) is 0 Å². The van der Waals surface area contributed by atoms with Gasteiger partial charge in [0.05, 0.1) is 24.2 Å². The van der Waals surface area contributed by atoms with E-state index in [1.54, 1.807) is 52.1 Å². The number of nitrogens with one attached hydrogen (secondary N) is 2. The second-order valence-corrected chi connectivity index (χ2v) is 14.6. The molecule has 3 aromatic rings. The lowest BCUT2D eigenvalue weighted by molar-refractivity contribution is -0.145. The van der Waals surface area contributed by atoms with Gasteiger partial charge in [-0.2, -0.15) is 5.10 Å². The van der Waals surface area contributed by atoms with Crippen LogP contribution in [0.5, 0.6) is 5.75 Å². The Morgan fingerprint density at radius 2 is 1.75 bits per heavy atom. The molecular formula is C38H45N5O8. The van der Waals surface area contributed by atoms with E-state index in [0.29, 0.717) is 35.1 Å². The van der Waals surface area contributed by atoms with Gasteiger partial charge in [-0.25, -0.2) is 14.3 Å². The average molecular weight is 700 g/mol. The van der Waals surface area contributed by atoms with Crippen molar-refractivity contribution >= 4 is 34.6 Å². The van der Waals surface area contributed by atoms with Crippen molar-refractivity contribution in [1.29, 1.82) is 0 Å². The number of carbonyl (C=O) groups excluding carboxylic acids is 3. The summed E-state index contributed by atoms with van der Waals surface area (Å²) in [6, 6.07) is 11.5. The fourth-order valence-electron chi connectivity index (χ4n) is 7.12. The number of hydrogen-bond acceptors (Lipinski definition) is 8. The topological polar surface area (TPSA) is 169 Å². The monoisotopic (exact) mass is 699 g/mol. The van der Waals surface area contributed by atoms with E-state index in [1.165, 1.54) is 9.58 Å². The van der Waals surface area contributed by atoms with Gasteiger partial charge in [0.15, 0.2) is 0 Å². The Morgan fingerprint density at radius 1 is 1.02 bits per heavy atom. The van der Waals surface area contributed by atoms with Gasteiger partial charge in [0, 0.05) is 29.8 Å². The van der Waals surface area contributed by atoms with Crippen molar-refractivity contribution in [3.05, 3.63) is 71.0 Å². The second-order valence-electron chi connectivity index (χ2n) is 14.6. The standard InChI is InChI=1S/C38H45N5O8/c1-37(2,3)51-36(49)39-29-15-9-7-5-6-8-12-24-21-38(24,35(47)48)40-32(44)30-20-25(22-42(30)34(29)46)43-33(45)28-14-11-10-13-27(28)31(41-43)23-16-18-26(50-4)19-17-23/h8,10-14,16-19,24-25,29-30H,5-7,9,15,20-22H2,1-4H3,(H,39,49)(H,40,44)(H,47,48)/t24?,25-,29+,30+,38-/m1/s1. The first-order valence-electron chi connectivity index (χ1n) is 17.5. The van der Waals surface area contributed by atoms with Crippen LogP contribution < -0.4 is 20.9 Å². The molecule has 1 saturated heterocycles. The molecule has 1 aromatic heterocycles. The summed E-state index contributed by atoms with van der Waals surface area (Å²) < 4.78 is 12.1. The zero-order valence-corrected chi connectivity index (χ0v) is 29.4. The van der Waals surface area contributed by atoms with Gasteiger partial charge in [0.25, 0.3) is 5.56 Å². The molecule has 2 aliphatic heterocycles. The summed E-state index contributed by atoms with van der Waals surface area (Å²) in [6.07, 6.45) is 6.48.